The summed E-state index contributed by atoms with van der Waals surface area (Å²) in [6.07, 6.45) is 5.04. The van der Waals surface area contributed by atoms with Crippen LogP contribution in [0.4, 0.5) is 4.39 Å². The minimum absolute atomic E-state index is 0.0277. The normalized spacial score (nSPS) is 18.8. The first-order valence-corrected chi connectivity index (χ1v) is 10.9. The zero-order valence-electron chi connectivity index (χ0n) is 16.4. The number of para-hydroxylation sites is 1. The number of rotatable bonds is 8. The Morgan fingerprint density at radius 1 is 1.21 bits per heavy atom. The third-order valence-corrected chi connectivity index (χ3v) is 5.70. The van der Waals surface area contributed by atoms with Crippen LogP contribution in [-0.2, 0) is 11.4 Å². The van der Waals surface area contributed by atoms with Crippen molar-refractivity contribution in [1.29, 1.82) is 0 Å². The molecule has 1 aromatic heterocycles. The molecule has 1 fully saturated rings. The first-order valence-electron chi connectivity index (χ1n) is 9.98. The monoisotopic (exact) mass is 419 g/mol. The lowest BCUT2D eigenvalue weighted by Crippen LogP contribution is -2.53. The third-order valence-electron chi connectivity index (χ3n) is 4.88. The Bertz CT molecular complexity index is 842. The van der Waals surface area contributed by atoms with Gasteiger partial charge >= 0.3 is 0 Å². The van der Waals surface area contributed by atoms with Gasteiger partial charge in [-0.2, -0.15) is 0 Å². The van der Waals surface area contributed by atoms with E-state index in [2.05, 4.69) is 15.6 Å². The van der Waals surface area contributed by atoms with E-state index < -0.39 is 5.82 Å². The van der Waals surface area contributed by atoms with Crippen molar-refractivity contribution in [2.24, 2.45) is 0 Å². The van der Waals surface area contributed by atoms with Gasteiger partial charge < -0.3 is 15.4 Å². The molecule has 2 atom stereocenters. The van der Waals surface area contributed by atoms with Gasteiger partial charge in [-0.25, -0.2) is 9.37 Å². The summed E-state index contributed by atoms with van der Waals surface area (Å²) in [6, 6.07) is 6.02. The van der Waals surface area contributed by atoms with Crippen LogP contribution in [0.3, 0.4) is 0 Å². The van der Waals surface area contributed by atoms with Crippen LogP contribution >= 0.6 is 11.3 Å². The maximum Gasteiger partial charge on any atom is 0.271 e. The van der Waals surface area contributed by atoms with Crippen LogP contribution in [0, 0.1) is 5.82 Å². The van der Waals surface area contributed by atoms with Crippen LogP contribution in [0.5, 0.6) is 5.75 Å². The molecule has 6 nitrogen and oxygen atoms in total. The number of halogens is 1. The molecule has 0 spiro atoms. The molecule has 3 rings (SSSR count). The van der Waals surface area contributed by atoms with Gasteiger partial charge in [0.25, 0.3) is 5.91 Å². The molecule has 1 saturated carbocycles. The molecule has 0 radical (unpaired) electrons. The van der Waals surface area contributed by atoms with Crippen molar-refractivity contribution < 1.29 is 18.7 Å². The van der Waals surface area contributed by atoms with E-state index in [4.69, 9.17) is 4.74 Å². The Hall–Kier alpha value is -2.48. The number of hydrogen-bond acceptors (Lipinski definition) is 5. The number of benzene rings is 1. The summed E-state index contributed by atoms with van der Waals surface area (Å²) in [5.74, 6) is -0.517. The fourth-order valence-corrected chi connectivity index (χ4v) is 4.09. The first kappa shape index (κ1) is 21.2. The Morgan fingerprint density at radius 2 is 1.93 bits per heavy atom. The van der Waals surface area contributed by atoms with Gasteiger partial charge in [0.05, 0.1) is 0 Å². The van der Waals surface area contributed by atoms with Gasteiger partial charge in [0.15, 0.2) is 11.6 Å². The highest BCUT2D eigenvalue weighted by Gasteiger charge is 2.28. The van der Waals surface area contributed by atoms with Gasteiger partial charge in [-0.1, -0.05) is 31.9 Å². The fourth-order valence-electron chi connectivity index (χ4n) is 3.41. The van der Waals surface area contributed by atoms with E-state index in [0.29, 0.717) is 17.1 Å². The second-order valence-electron chi connectivity index (χ2n) is 7.13. The molecular weight excluding hydrogens is 393 g/mol. The Morgan fingerprint density at radius 3 is 2.66 bits per heavy atom. The van der Waals surface area contributed by atoms with E-state index in [1.54, 1.807) is 23.6 Å². The largest absolute Gasteiger partial charge is 0.483 e. The topological polar surface area (TPSA) is 80.3 Å². The summed E-state index contributed by atoms with van der Waals surface area (Å²) < 4.78 is 19.1. The van der Waals surface area contributed by atoms with E-state index in [9.17, 15) is 14.0 Å². The first-order chi connectivity index (χ1) is 14.1. The summed E-state index contributed by atoms with van der Waals surface area (Å²) in [5.41, 5.74) is 0.311. The molecule has 156 valence electrons. The second kappa shape index (κ2) is 10.3. The van der Waals surface area contributed by atoms with Crippen LogP contribution < -0.4 is 15.4 Å². The SMILES string of the molecule is CCCC(=O)NC1CCCCC1NC(=O)c1csc(COc2ccccc2F)n1. The Kier molecular flexibility index (Phi) is 7.57. The number of ether oxygens (including phenoxy) is 1. The van der Waals surface area contributed by atoms with Gasteiger partial charge in [0.2, 0.25) is 5.91 Å². The predicted molar refractivity (Wildman–Crippen MR) is 109 cm³/mol. The van der Waals surface area contributed by atoms with Crippen molar-refractivity contribution in [1.82, 2.24) is 15.6 Å². The summed E-state index contributed by atoms with van der Waals surface area (Å²) in [5, 5.41) is 8.33. The zero-order valence-corrected chi connectivity index (χ0v) is 17.3. The van der Waals surface area contributed by atoms with Gasteiger partial charge in [-0.15, -0.1) is 11.3 Å². The molecular formula is C21H26FN3O3S. The lowest BCUT2D eigenvalue weighted by molar-refractivity contribution is -0.122. The number of nitrogens with zero attached hydrogens (tertiary/aromatic N) is 1. The van der Waals surface area contributed by atoms with Crippen molar-refractivity contribution in [2.45, 2.75) is 64.1 Å². The van der Waals surface area contributed by atoms with E-state index >= 15 is 0 Å². The Labute approximate surface area is 173 Å². The third kappa shape index (κ3) is 6.00. The van der Waals surface area contributed by atoms with E-state index in [-0.39, 0.29) is 36.3 Å². The maximum atomic E-state index is 13.6. The molecule has 0 bridgehead atoms. The molecule has 2 N–H and O–H groups in total. The second-order valence-corrected chi connectivity index (χ2v) is 8.08. The zero-order chi connectivity index (χ0) is 20.6. The number of thiazole rings is 1. The van der Waals surface area contributed by atoms with Crippen LogP contribution in [0.15, 0.2) is 29.6 Å². The van der Waals surface area contributed by atoms with Crippen LogP contribution in [-0.4, -0.2) is 28.9 Å². The number of carbonyl (C=O) groups is 2. The number of carbonyl (C=O) groups excluding carboxylic acids is 2. The predicted octanol–water partition coefficient (Wildman–Crippen LogP) is 3.82. The summed E-state index contributed by atoms with van der Waals surface area (Å²) in [6.45, 7) is 2.06. The number of hydrogen-bond donors (Lipinski definition) is 2. The molecule has 1 heterocycles. The standard InChI is InChI=1S/C21H26FN3O3S/c1-2-7-19(26)23-15-9-4-5-10-16(15)25-21(27)17-13-29-20(24-17)12-28-18-11-6-3-8-14(18)22/h3,6,8,11,13,15-16H,2,4-5,7,9-10,12H2,1H3,(H,23,26)(H,25,27). The number of aromatic nitrogens is 1. The molecule has 0 aliphatic heterocycles. The highest BCUT2D eigenvalue weighted by molar-refractivity contribution is 7.09. The maximum absolute atomic E-state index is 13.6. The highest BCUT2D eigenvalue weighted by Crippen LogP contribution is 2.21. The molecule has 29 heavy (non-hydrogen) atoms. The average molecular weight is 420 g/mol. The van der Waals surface area contributed by atoms with Crippen molar-refractivity contribution in [3.05, 3.63) is 46.2 Å². The quantitative estimate of drug-likeness (QED) is 0.682. The van der Waals surface area contributed by atoms with Gasteiger partial charge in [-0.05, 0) is 31.4 Å². The minimum Gasteiger partial charge on any atom is -0.483 e. The van der Waals surface area contributed by atoms with Gasteiger partial charge in [0, 0.05) is 23.9 Å². The molecule has 1 aliphatic rings. The van der Waals surface area contributed by atoms with E-state index in [1.807, 2.05) is 6.92 Å². The molecule has 1 aliphatic carbocycles. The minimum atomic E-state index is -0.435. The molecule has 8 heteroatoms. The van der Waals surface area contributed by atoms with Crippen molar-refractivity contribution in [3.63, 3.8) is 0 Å². The molecule has 0 saturated heterocycles. The van der Waals surface area contributed by atoms with Gasteiger partial charge in [-0.3, -0.25) is 9.59 Å². The van der Waals surface area contributed by atoms with Gasteiger partial charge in [0.1, 0.15) is 17.3 Å². The summed E-state index contributed by atoms with van der Waals surface area (Å²) in [4.78, 5) is 28.9. The molecule has 2 amide bonds. The van der Waals surface area contributed by atoms with Crippen molar-refractivity contribution >= 4 is 23.2 Å². The van der Waals surface area contributed by atoms with Crippen LogP contribution in [0.25, 0.3) is 0 Å². The van der Waals surface area contributed by atoms with Crippen molar-refractivity contribution in [2.75, 3.05) is 0 Å². The number of amides is 2. The van der Waals surface area contributed by atoms with Crippen molar-refractivity contribution in [3.8, 4) is 5.75 Å². The lowest BCUT2D eigenvalue weighted by Gasteiger charge is -2.32. The highest BCUT2D eigenvalue weighted by atomic mass is 32.1. The van der Waals surface area contributed by atoms with Crippen LogP contribution in [0.1, 0.15) is 60.9 Å². The molecule has 1 aromatic carbocycles. The summed E-state index contributed by atoms with van der Waals surface area (Å²) in [7, 11) is 0. The summed E-state index contributed by atoms with van der Waals surface area (Å²) >= 11 is 1.29. The molecule has 2 aromatic rings. The molecule has 2 unspecified atom stereocenters. The Balaban J connectivity index is 1.56. The van der Waals surface area contributed by atoms with E-state index in [1.165, 1.54) is 17.4 Å². The lowest BCUT2D eigenvalue weighted by atomic mass is 9.90. The fraction of sp³-hybridized carbons (Fsp3) is 0.476. The van der Waals surface area contributed by atoms with E-state index in [0.717, 1.165) is 32.1 Å². The average Bonchev–Trinajstić information content (AvgIpc) is 3.18. The smallest absolute Gasteiger partial charge is 0.271 e. The van der Waals surface area contributed by atoms with Crippen LogP contribution in [0.2, 0.25) is 0 Å². The number of nitrogens with one attached hydrogen (secondary N) is 2.